The molecule has 1 aliphatic heterocycles. The van der Waals surface area contributed by atoms with Gasteiger partial charge in [0.15, 0.2) is 0 Å². The lowest BCUT2D eigenvalue weighted by molar-refractivity contribution is 0.144. The highest BCUT2D eigenvalue weighted by Crippen LogP contribution is 2.44. The number of piperidine rings is 1. The van der Waals surface area contributed by atoms with Crippen LogP contribution in [0.3, 0.4) is 0 Å². The van der Waals surface area contributed by atoms with Crippen molar-refractivity contribution < 1.29 is 0 Å². The molecule has 0 amide bonds. The molecule has 0 radical (unpaired) electrons. The zero-order valence-electron chi connectivity index (χ0n) is 13.4. The second-order valence-corrected chi connectivity index (χ2v) is 6.85. The first-order chi connectivity index (χ1) is 10.3. The van der Waals surface area contributed by atoms with Gasteiger partial charge in [0.2, 0.25) is 0 Å². The standard InChI is InChI=1S/C18H29N3/c1-2-19-14-16-6-7-17(20-15-16)21-12-10-18(11-13-21)8-4-3-5-9-18/h6-7,15,19H,2-5,8-14H2,1H3. The predicted octanol–water partition coefficient (Wildman–Crippen LogP) is 3.74. The van der Waals surface area contributed by atoms with Crippen LogP contribution in [0, 0.1) is 5.41 Å². The smallest absolute Gasteiger partial charge is 0.128 e. The number of hydrogen-bond donors (Lipinski definition) is 1. The molecule has 0 aromatic carbocycles. The molecule has 0 unspecified atom stereocenters. The number of aromatic nitrogens is 1. The van der Waals surface area contributed by atoms with Crippen LogP contribution in [0.1, 0.15) is 57.4 Å². The molecule has 2 heterocycles. The quantitative estimate of drug-likeness (QED) is 0.914. The van der Waals surface area contributed by atoms with E-state index >= 15 is 0 Å². The highest BCUT2D eigenvalue weighted by molar-refractivity contribution is 5.40. The third-order valence-electron chi connectivity index (χ3n) is 5.45. The Morgan fingerprint density at radius 1 is 1.10 bits per heavy atom. The van der Waals surface area contributed by atoms with E-state index in [9.17, 15) is 0 Å². The van der Waals surface area contributed by atoms with Crippen LogP contribution in [0.4, 0.5) is 5.82 Å². The fourth-order valence-corrected chi connectivity index (χ4v) is 3.99. The SMILES string of the molecule is CCNCc1ccc(N2CCC3(CCCCC3)CC2)nc1. The lowest BCUT2D eigenvalue weighted by Crippen LogP contribution is -2.41. The first-order valence-electron chi connectivity index (χ1n) is 8.72. The lowest BCUT2D eigenvalue weighted by atomic mass is 9.68. The summed E-state index contributed by atoms with van der Waals surface area (Å²) >= 11 is 0. The minimum Gasteiger partial charge on any atom is -0.357 e. The van der Waals surface area contributed by atoms with Gasteiger partial charge in [-0.15, -0.1) is 0 Å². The molecule has 3 nitrogen and oxygen atoms in total. The molecule has 0 atom stereocenters. The van der Waals surface area contributed by atoms with Gasteiger partial charge in [-0.25, -0.2) is 4.98 Å². The molecule has 1 aromatic rings. The lowest BCUT2D eigenvalue weighted by Gasteiger charge is -2.44. The fourth-order valence-electron chi connectivity index (χ4n) is 3.99. The molecule has 21 heavy (non-hydrogen) atoms. The van der Waals surface area contributed by atoms with Crippen LogP contribution in [-0.4, -0.2) is 24.6 Å². The van der Waals surface area contributed by atoms with Gasteiger partial charge in [-0.05, 0) is 49.3 Å². The zero-order chi connectivity index (χ0) is 14.5. The van der Waals surface area contributed by atoms with Gasteiger partial charge in [-0.3, -0.25) is 0 Å². The molecule has 3 heteroatoms. The summed E-state index contributed by atoms with van der Waals surface area (Å²) in [5, 5.41) is 3.35. The summed E-state index contributed by atoms with van der Waals surface area (Å²) in [6.45, 7) is 6.46. The van der Waals surface area contributed by atoms with Crippen LogP contribution in [0.15, 0.2) is 18.3 Å². The van der Waals surface area contributed by atoms with E-state index in [0.29, 0.717) is 5.41 Å². The second kappa shape index (κ2) is 6.78. The van der Waals surface area contributed by atoms with Crippen molar-refractivity contribution >= 4 is 5.82 Å². The van der Waals surface area contributed by atoms with E-state index < -0.39 is 0 Å². The summed E-state index contributed by atoms with van der Waals surface area (Å²) in [4.78, 5) is 7.16. The Bertz CT molecular complexity index is 424. The van der Waals surface area contributed by atoms with Gasteiger partial charge in [-0.1, -0.05) is 32.3 Å². The summed E-state index contributed by atoms with van der Waals surface area (Å²) < 4.78 is 0. The summed E-state index contributed by atoms with van der Waals surface area (Å²) in [6, 6.07) is 4.42. The van der Waals surface area contributed by atoms with Gasteiger partial charge in [0, 0.05) is 25.8 Å². The highest BCUT2D eigenvalue weighted by atomic mass is 15.2. The summed E-state index contributed by atoms with van der Waals surface area (Å²) in [6.07, 6.45) is 12.1. The van der Waals surface area contributed by atoms with Gasteiger partial charge < -0.3 is 10.2 Å². The van der Waals surface area contributed by atoms with Crippen molar-refractivity contribution in [2.75, 3.05) is 24.5 Å². The summed E-state index contributed by atoms with van der Waals surface area (Å²) in [5.74, 6) is 1.17. The Morgan fingerprint density at radius 2 is 1.86 bits per heavy atom. The Balaban J connectivity index is 1.56. The van der Waals surface area contributed by atoms with Gasteiger partial charge in [0.1, 0.15) is 5.82 Å². The Morgan fingerprint density at radius 3 is 2.48 bits per heavy atom. The number of nitrogens with one attached hydrogen (secondary N) is 1. The average Bonchev–Trinajstić information content (AvgIpc) is 2.55. The van der Waals surface area contributed by atoms with E-state index in [-0.39, 0.29) is 0 Å². The van der Waals surface area contributed by atoms with Gasteiger partial charge in [0.25, 0.3) is 0 Å². The van der Waals surface area contributed by atoms with E-state index in [1.165, 1.54) is 69.4 Å². The number of pyridine rings is 1. The van der Waals surface area contributed by atoms with E-state index in [0.717, 1.165) is 13.1 Å². The van der Waals surface area contributed by atoms with Crippen molar-refractivity contribution in [2.24, 2.45) is 5.41 Å². The molecule has 1 saturated carbocycles. The van der Waals surface area contributed by atoms with Crippen molar-refractivity contribution in [3.8, 4) is 0 Å². The zero-order valence-corrected chi connectivity index (χ0v) is 13.4. The van der Waals surface area contributed by atoms with Crippen molar-refractivity contribution in [3.05, 3.63) is 23.9 Å². The van der Waals surface area contributed by atoms with Crippen molar-refractivity contribution in [1.82, 2.24) is 10.3 Å². The second-order valence-electron chi connectivity index (χ2n) is 6.85. The maximum atomic E-state index is 4.67. The Kier molecular flexibility index (Phi) is 4.79. The van der Waals surface area contributed by atoms with Gasteiger partial charge in [-0.2, -0.15) is 0 Å². The topological polar surface area (TPSA) is 28.2 Å². The first-order valence-corrected chi connectivity index (χ1v) is 8.72. The van der Waals surface area contributed by atoms with E-state index in [4.69, 9.17) is 0 Å². The third-order valence-corrected chi connectivity index (χ3v) is 5.45. The molecule has 1 spiro atoms. The number of nitrogens with zero attached hydrogens (tertiary/aromatic N) is 2. The Labute approximate surface area is 129 Å². The number of anilines is 1. The Hall–Kier alpha value is -1.09. The summed E-state index contributed by atoms with van der Waals surface area (Å²) in [5.41, 5.74) is 1.96. The van der Waals surface area contributed by atoms with Crippen molar-refractivity contribution in [1.29, 1.82) is 0 Å². The highest BCUT2D eigenvalue weighted by Gasteiger charge is 2.35. The number of hydrogen-bond acceptors (Lipinski definition) is 3. The average molecular weight is 287 g/mol. The minimum atomic E-state index is 0.680. The normalized spacial score (nSPS) is 21.7. The van der Waals surface area contributed by atoms with Crippen LogP contribution in [0.5, 0.6) is 0 Å². The van der Waals surface area contributed by atoms with Crippen molar-refractivity contribution in [3.63, 3.8) is 0 Å². The number of rotatable bonds is 4. The largest absolute Gasteiger partial charge is 0.357 e. The third kappa shape index (κ3) is 3.57. The monoisotopic (exact) mass is 287 g/mol. The van der Waals surface area contributed by atoms with Crippen LogP contribution >= 0.6 is 0 Å². The fraction of sp³-hybridized carbons (Fsp3) is 0.722. The van der Waals surface area contributed by atoms with E-state index in [1.54, 1.807) is 0 Å². The predicted molar refractivity (Wildman–Crippen MR) is 88.6 cm³/mol. The van der Waals surface area contributed by atoms with E-state index in [1.807, 2.05) is 6.20 Å². The molecule has 0 bridgehead atoms. The molecule has 116 valence electrons. The molecule has 2 aliphatic rings. The minimum absolute atomic E-state index is 0.680. The van der Waals surface area contributed by atoms with Gasteiger partial charge >= 0.3 is 0 Å². The molecule has 3 rings (SSSR count). The maximum Gasteiger partial charge on any atom is 0.128 e. The molecule has 1 aromatic heterocycles. The maximum absolute atomic E-state index is 4.67. The first kappa shape index (κ1) is 14.8. The van der Waals surface area contributed by atoms with Gasteiger partial charge in [0.05, 0.1) is 0 Å². The van der Waals surface area contributed by atoms with Crippen molar-refractivity contribution in [2.45, 2.75) is 58.4 Å². The van der Waals surface area contributed by atoms with Crippen LogP contribution in [0.25, 0.3) is 0 Å². The summed E-state index contributed by atoms with van der Waals surface area (Å²) in [7, 11) is 0. The van der Waals surface area contributed by atoms with Crippen LogP contribution < -0.4 is 10.2 Å². The van der Waals surface area contributed by atoms with Crippen LogP contribution in [0.2, 0.25) is 0 Å². The molecule has 2 fully saturated rings. The molecule has 1 aliphatic carbocycles. The molecule has 1 N–H and O–H groups in total. The van der Waals surface area contributed by atoms with Crippen LogP contribution in [-0.2, 0) is 6.54 Å². The van der Waals surface area contributed by atoms with E-state index in [2.05, 4.69) is 34.3 Å². The molecular weight excluding hydrogens is 258 g/mol. The molecular formula is C18H29N3. The molecule has 1 saturated heterocycles.